The summed E-state index contributed by atoms with van der Waals surface area (Å²) in [6.45, 7) is 2.60. The first-order valence-corrected chi connectivity index (χ1v) is 10.8. The van der Waals surface area contributed by atoms with E-state index in [0.717, 1.165) is 18.2 Å². The van der Waals surface area contributed by atoms with Crippen LogP contribution in [0.2, 0.25) is 0 Å². The van der Waals surface area contributed by atoms with E-state index in [1.54, 1.807) is 16.1 Å². The fraction of sp³-hybridized carbons (Fsp3) is 0.263. The third-order valence-electron chi connectivity index (χ3n) is 4.19. The summed E-state index contributed by atoms with van der Waals surface area (Å²) in [7, 11) is 0. The number of carbonyl (C=O) groups is 1. The zero-order chi connectivity index (χ0) is 19.5. The van der Waals surface area contributed by atoms with Crippen LogP contribution in [0.1, 0.15) is 19.8 Å². The molecule has 1 amide bonds. The Bertz CT molecular complexity index is 1180. The average Bonchev–Trinajstić information content (AvgIpc) is 3.33. The number of anilines is 1. The molecule has 3 aromatic heterocycles. The van der Waals surface area contributed by atoms with Crippen LogP contribution in [0.15, 0.2) is 50.2 Å². The molecule has 0 aliphatic heterocycles. The van der Waals surface area contributed by atoms with Crippen molar-refractivity contribution in [1.29, 1.82) is 0 Å². The third-order valence-corrected chi connectivity index (χ3v) is 5.86. The SMILES string of the molecule is CCCCn1c(SCC(=O)Nc2nccs2)nc2c(oc3ccccc32)c1=O. The monoisotopic (exact) mass is 414 g/mol. The van der Waals surface area contributed by atoms with Crippen LogP contribution in [0, 0.1) is 0 Å². The number of carbonyl (C=O) groups excluding carboxylic acids is 1. The van der Waals surface area contributed by atoms with Gasteiger partial charge in [-0.15, -0.1) is 11.3 Å². The first kappa shape index (κ1) is 18.7. The Kier molecular flexibility index (Phi) is 5.45. The van der Waals surface area contributed by atoms with Gasteiger partial charge in [0.1, 0.15) is 11.1 Å². The van der Waals surface area contributed by atoms with Gasteiger partial charge in [-0.3, -0.25) is 14.2 Å². The maximum atomic E-state index is 13.0. The van der Waals surface area contributed by atoms with E-state index in [1.165, 1.54) is 23.1 Å². The van der Waals surface area contributed by atoms with Gasteiger partial charge < -0.3 is 9.73 Å². The molecule has 4 rings (SSSR count). The minimum Gasteiger partial charge on any atom is -0.448 e. The average molecular weight is 415 g/mol. The molecule has 0 unspecified atom stereocenters. The fourth-order valence-corrected chi connectivity index (χ4v) is 4.21. The Balaban J connectivity index is 1.69. The first-order chi connectivity index (χ1) is 13.7. The highest BCUT2D eigenvalue weighted by atomic mass is 32.2. The molecule has 144 valence electrons. The van der Waals surface area contributed by atoms with Crippen molar-refractivity contribution in [3.63, 3.8) is 0 Å². The van der Waals surface area contributed by atoms with Gasteiger partial charge in [0.2, 0.25) is 11.5 Å². The first-order valence-electron chi connectivity index (χ1n) is 8.91. The molecule has 0 saturated heterocycles. The highest BCUT2D eigenvalue weighted by Crippen LogP contribution is 2.27. The van der Waals surface area contributed by atoms with Crippen LogP contribution in [0.3, 0.4) is 0 Å². The third kappa shape index (κ3) is 3.67. The number of thioether (sulfide) groups is 1. The van der Waals surface area contributed by atoms with E-state index < -0.39 is 0 Å². The molecule has 0 aliphatic carbocycles. The molecule has 28 heavy (non-hydrogen) atoms. The van der Waals surface area contributed by atoms with Gasteiger partial charge in [0.15, 0.2) is 10.3 Å². The molecule has 0 spiro atoms. The predicted octanol–water partition coefficient (Wildman–Crippen LogP) is 4.13. The number of hydrogen-bond acceptors (Lipinski definition) is 7. The van der Waals surface area contributed by atoms with Crippen LogP contribution < -0.4 is 10.9 Å². The number of benzene rings is 1. The van der Waals surface area contributed by atoms with E-state index in [9.17, 15) is 9.59 Å². The summed E-state index contributed by atoms with van der Waals surface area (Å²) in [5.74, 6) is -0.0483. The van der Waals surface area contributed by atoms with Crippen LogP contribution in [0.4, 0.5) is 5.13 Å². The quantitative estimate of drug-likeness (QED) is 0.361. The van der Waals surface area contributed by atoms with Crippen molar-refractivity contribution in [1.82, 2.24) is 14.5 Å². The van der Waals surface area contributed by atoms with Crippen molar-refractivity contribution in [2.75, 3.05) is 11.1 Å². The summed E-state index contributed by atoms with van der Waals surface area (Å²) in [6.07, 6.45) is 3.42. The van der Waals surface area contributed by atoms with Gasteiger partial charge in [0.25, 0.3) is 5.56 Å². The number of nitrogens with one attached hydrogen (secondary N) is 1. The topological polar surface area (TPSA) is 90.0 Å². The number of thiazole rings is 1. The molecule has 1 aromatic carbocycles. The van der Waals surface area contributed by atoms with Crippen molar-refractivity contribution in [2.45, 2.75) is 31.5 Å². The van der Waals surface area contributed by atoms with E-state index >= 15 is 0 Å². The maximum Gasteiger partial charge on any atom is 0.297 e. The van der Waals surface area contributed by atoms with E-state index in [0.29, 0.717) is 27.9 Å². The van der Waals surface area contributed by atoms with Gasteiger partial charge in [0, 0.05) is 23.5 Å². The lowest BCUT2D eigenvalue weighted by Gasteiger charge is -2.11. The minimum absolute atomic E-state index is 0.138. The van der Waals surface area contributed by atoms with Crippen LogP contribution in [-0.4, -0.2) is 26.2 Å². The molecule has 7 nitrogen and oxygen atoms in total. The van der Waals surface area contributed by atoms with Crippen molar-refractivity contribution in [3.05, 3.63) is 46.2 Å². The van der Waals surface area contributed by atoms with E-state index in [1.807, 2.05) is 24.3 Å². The second kappa shape index (κ2) is 8.15. The zero-order valence-electron chi connectivity index (χ0n) is 15.2. The fourth-order valence-electron chi connectivity index (χ4n) is 2.85. The normalized spacial score (nSPS) is 11.3. The minimum atomic E-state index is -0.211. The lowest BCUT2D eigenvalue weighted by atomic mass is 10.2. The Morgan fingerprint density at radius 1 is 1.36 bits per heavy atom. The largest absolute Gasteiger partial charge is 0.448 e. The molecule has 4 aromatic rings. The van der Waals surface area contributed by atoms with E-state index in [-0.39, 0.29) is 22.8 Å². The Morgan fingerprint density at radius 2 is 2.21 bits per heavy atom. The van der Waals surface area contributed by atoms with Gasteiger partial charge in [0.05, 0.1) is 5.75 Å². The van der Waals surface area contributed by atoms with E-state index in [2.05, 4.69) is 22.2 Å². The highest BCUT2D eigenvalue weighted by Gasteiger charge is 2.18. The number of unbranched alkanes of at least 4 members (excludes halogenated alkanes) is 1. The van der Waals surface area contributed by atoms with Crippen LogP contribution in [-0.2, 0) is 11.3 Å². The lowest BCUT2D eigenvalue weighted by Crippen LogP contribution is -2.24. The Hall–Kier alpha value is -2.65. The van der Waals surface area contributed by atoms with Gasteiger partial charge in [-0.1, -0.05) is 37.2 Å². The second-order valence-corrected chi connectivity index (χ2v) is 7.99. The number of furan rings is 1. The summed E-state index contributed by atoms with van der Waals surface area (Å²) < 4.78 is 7.37. The van der Waals surface area contributed by atoms with Crippen LogP contribution >= 0.6 is 23.1 Å². The van der Waals surface area contributed by atoms with Gasteiger partial charge in [-0.25, -0.2) is 9.97 Å². The number of para-hydroxylation sites is 1. The Labute approximate surface area is 168 Å². The summed E-state index contributed by atoms with van der Waals surface area (Å²) in [5, 5.41) is 6.41. The summed E-state index contributed by atoms with van der Waals surface area (Å²) >= 11 is 2.60. The lowest BCUT2D eigenvalue weighted by molar-refractivity contribution is -0.113. The molecular formula is C19H18N4O3S2. The number of hydrogen-bond donors (Lipinski definition) is 1. The number of amides is 1. The smallest absolute Gasteiger partial charge is 0.297 e. The second-order valence-electron chi connectivity index (χ2n) is 6.15. The summed E-state index contributed by atoms with van der Waals surface area (Å²) in [6, 6.07) is 7.45. The van der Waals surface area contributed by atoms with Crippen LogP contribution in [0.25, 0.3) is 22.1 Å². The summed E-state index contributed by atoms with van der Waals surface area (Å²) in [5.41, 5.74) is 1.22. The van der Waals surface area contributed by atoms with Crippen molar-refractivity contribution in [3.8, 4) is 0 Å². The number of fused-ring (bicyclic) bond motifs is 3. The molecule has 0 bridgehead atoms. The molecule has 9 heteroatoms. The van der Waals surface area contributed by atoms with Crippen molar-refractivity contribution >= 4 is 56.2 Å². The number of nitrogens with zero attached hydrogens (tertiary/aromatic N) is 3. The Morgan fingerprint density at radius 3 is 3.00 bits per heavy atom. The molecule has 0 fully saturated rings. The number of aromatic nitrogens is 3. The van der Waals surface area contributed by atoms with E-state index in [4.69, 9.17) is 4.42 Å². The van der Waals surface area contributed by atoms with Gasteiger partial charge in [-0.2, -0.15) is 0 Å². The molecule has 0 atom stereocenters. The maximum absolute atomic E-state index is 13.0. The molecule has 0 radical (unpaired) electrons. The van der Waals surface area contributed by atoms with Gasteiger partial charge in [-0.05, 0) is 18.6 Å². The summed E-state index contributed by atoms with van der Waals surface area (Å²) in [4.78, 5) is 34.0. The molecule has 0 saturated carbocycles. The van der Waals surface area contributed by atoms with Crippen LogP contribution in [0.5, 0.6) is 0 Å². The predicted molar refractivity (Wildman–Crippen MR) is 112 cm³/mol. The molecular weight excluding hydrogens is 396 g/mol. The van der Waals surface area contributed by atoms with Gasteiger partial charge >= 0.3 is 0 Å². The van der Waals surface area contributed by atoms with Crippen molar-refractivity contribution < 1.29 is 9.21 Å². The number of rotatable bonds is 7. The molecule has 1 N–H and O–H groups in total. The molecule has 0 aliphatic rings. The zero-order valence-corrected chi connectivity index (χ0v) is 16.8. The van der Waals surface area contributed by atoms with Crippen molar-refractivity contribution in [2.24, 2.45) is 0 Å². The standard InChI is InChI=1S/C19H18N4O3S2/c1-2-3-9-23-17(25)16-15(12-6-4-5-7-13(12)26-16)22-19(23)28-11-14(24)21-18-20-8-10-27-18/h4-8,10H,2-3,9,11H2,1H3,(H,20,21,24). The highest BCUT2D eigenvalue weighted by molar-refractivity contribution is 7.99. The molecule has 3 heterocycles.